The summed E-state index contributed by atoms with van der Waals surface area (Å²) in [5, 5.41) is 0.723. The second-order valence-electron chi connectivity index (χ2n) is 2.66. The molecule has 1 rings (SSSR count). The van der Waals surface area contributed by atoms with Gasteiger partial charge in [0, 0.05) is 6.54 Å². The van der Waals surface area contributed by atoms with Crippen LogP contribution in [-0.4, -0.2) is 18.0 Å². The monoisotopic (exact) mass is 158 g/mol. The molecule has 58 valence electrons. The Hall–Kier alpha value is -0.180. The number of nitrogens with two attached hydrogens (primary N) is 1. The molecule has 2 nitrogen and oxygen atoms in total. The lowest BCUT2D eigenvalue weighted by molar-refractivity contribution is 0.740. The number of thioether (sulfide) groups is 1. The van der Waals surface area contributed by atoms with Crippen molar-refractivity contribution in [3.63, 3.8) is 0 Å². The molecule has 0 unspecified atom stereocenters. The summed E-state index contributed by atoms with van der Waals surface area (Å²) in [7, 11) is 0. The average molecular weight is 158 g/mol. The summed E-state index contributed by atoms with van der Waals surface area (Å²) in [5.74, 6) is 0.971. The Morgan fingerprint density at radius 1 is 1.70 bits per heavy atom. The maximum absolute atomic E-state index is 5.49. The van der Waals surface area contributed by atoms with Gasteiger partial charge in [0.05, 0.1) is 0 Å². The van der Waals surface area contributed by atoms with E-state index in [0.29, 0.717) is 0 Å². The van der Waals surface area contributed by atoms with Crippen LogP contribution >= 0.6 is 11.8 Å². The van der Waals surface area contributed by atoms with E-state index in [1.807, 2.05) is 6.26 Å². The van der Waals surface area contributed by atoms with Crippen LogP contribution in [-0.2, 0) is 0 Å². The zero-order valence-corrected chi connectivity index (χ0v) is 7.16. The molecule has 3 heteroatoms. The summed E-state index contributed by atoms with van der Waals surface area (Å²) in [6, 6.07) is 0. The molecule has 2 N–H and O–H groups in total. The van der Waals surface area contributed by atoms with E-state index in [1.165, 1.54) is 31.0 Å². The Morgan fingerprint density at radius 2 is 2.40 bits per heavy atom. The molecule has 0 aliphatic heterocycles. The second kappa shape index (κ2) is 3.86. The van der Waals surface area contributed by atoms with E-state index >= 15 is 0 Å². The predicted molar refractivity (Wildman–Crippen MR) is 47.3 cm³/mol. The third-order valence-corrected chi connectivity index (χ3v) is 2.26. The van der Waals surface area contributed by atoms with Crippen molar-refractivity contribution in [2.24, 2.45) is 16.6 Å². The topological polar surface area (TPSA) is 38.4 Å². The smallest absolute Gasteiger partial charge is 0.153 e. The maximum Gasteiger partial charge on any atom is 0.153 e. The fourth-order valence-electron chi connectivity index (χ4n) is 0.828. The maximum atomic E-state index is 5.49. The lowest BCUT2D eigenvalue weighted by atomic mass is 10.3. The first-order valence-corrected chi connectivity index (χ1v) is 4.89. The van der Waals surface area contributed by atoms with Crippen LogP contribution in [0.15, 0.2) is 4.99 Å². The minimum atomic E-state index is 0.723. The lowest BCUT2D eigenvalue weighted by Crippen LogP contribution is -2.06. The minimum Gasteiger partial charge on any atom is -0.379 e. The van der Waals surface area contributed by atoms with Crippen molar-refractivity contribution in [1.82, 2.24) is 0 Å². The molecule has 10 heavy (non-hydrogen) atoms. The SMILES string of the molecule is CSC(N)=NCCC1CC1. The van der Waals surface area contributed by atoms with Crippen LogP contribution in [0, 0.1) is 5.92 Å². The van der Waals surface area contributed by atoms with Crippen molar-refractivity contribution in [2.75, 3.05) is 12.8 Å². The van der Waals surface area contributed by atoms with Gasteiger partial charge in [-0.1, -0.05) is 24.6 Å². The molecule has 0 saturated heterocycles. The molecule has 0 atom stereocenters. The summed E-state index contributed by atoms with van der Waals surface area (Å²) in [6.07, 6.45) is 6.01. The second-order valence-corrected chi connectivity index (χ2v) is 3.48. The summed E-state index contributed by atoms with van der Waals surface area (Å²) >= 11 is 1.52. The molecule has 1 aliphatic rings. The van der Waals surface area contributed by atoms with Crippen molar-refractivity contribution in [1.29, 1.82) is 0 Å². The Labute approximate surface area is 66.3 Å². The van der Waals surface area contributed by atoms with E-state index in [2.05, 4.69) is 4.99 Å². The first-order valence-electron chi connectivity index (χ1n) is 3.67. The Morgan fingerprint density at radius 3 is 2.90 bits per heavy atom. The fraction of sp³-hybridized carbons (Fsp3) is 0.857. The highest BCUT2D eigenvalue weighted by Gasteiger charge is 2.19. The molecule has 0 heterocycles. The largest absolute Gasteiger partial charge is 0.379 e. The number of hydrogen-bond donors (Lipinski definition) is 1. The molecule has 0 radical (unpaired) electrons. The van der Waals surface area contributed by atoms with Gasteiger partial charge < -0.3 is 5.73 Å². The van der Waals surface area contributed by atoms with Gasteiger partial charge in [-0.15, -0.1) is 0 Å². The third-order valence-electron chi connectivity index (χ3n) is 1.71. The van der Waals surface area contributed by atoms with Crippen LogP contribution in [0.3, 0.4) is 0 Å². The van der Waals surface area contributed by atoms with Crippen molar-refractivity contribution in [2.45, 2.75) is 19.3 Å². The van der Waals surface area contributed by atoms with Gasteiger partial charge in [0.15, 0.2) is 5.17 Å². The number of hydrogen-bond acceptors (Lipinski definition) is 2. The van der Waals surface area contributed by atoms with E-state index in [4.69, 9.17) is 5.73 Å². The van der Waals surface area contributed by atoms with Gasteiger partial charge in [-0.2, -0.15) is 0 Å². The highest BCUT2D eigenvalue weighted by molar-refractivity contribution is 8.13. The summed E-state index contributed by atoms with van der Waals surface area (Å²) in [5.41, 5.74) is 5.49. The lowest BCUT2D eigenvalue weighted by Gasteiger charge is -1.94. The van der Waals surface area contributed by atoms with Gasteiger partial charge in [0.1, 0.15) is 0 Å². The molecule has 0 amide bonds. The zero-order valence-electron chi connectivity index (χ0n) is 6.34. The number of amidine groups is 1. The quantitative estimate of drug-likeness (QED) is 0.499. The van der Waals surface area contributed by atoms with Crippen LogP contribution in [0.5, 0.6) is 0 Å². The van der Waals surface area contributed by atoms with Gasteiger partial charge >= 0.3 is 0 Å². The first-order chi connectivity index (χ1) is 4.83. The molecule has 1 fully saturated rings. The van der Waals surface area contributed by atoms with Gasteiger partial charge in [0.2, 0.25) is 0 Å². The molecule has 0 aromatic rings. The summed E-state index contributed by atoms with van der Waals surface area (Å²) in [4.78, 5) is 4.18. The van der Waals surface area contributed by atoms with Crippen LogP contribution in [0.1, 0.15) is 19.3 Å². The summed E-state index contributed by atoms with van der Waals surface area (Å²) in [6.45, 7) is 0.928. The highest BCUT2D eigenvalue weighted by atomic mass is 32.2. The van der Waals surface area contributed by atoms with E-state index in [-0.39, 0.29) is 0 Å². The van der Waals surface area contributed by atoms with Crippen LogP contribution in [0.4, 0.5) is 0 Å². The Balaban J connectivity index is 2.01. The molecule has 1 aliphatic carbocycles. The van der Waals surface area contributed by atoms with Crippen molar-refractivity contribution < 1.29 is 0 Å². The van der Waals surface area contributed by atoms with Crippen molar-refractivity contribution in [3.05, 3.63) is 0 Å². The van der Waals surface area contributed by atoms with Gasteiger partial charge in [-0.25, -0.2) is 0 Å². The standard InChI is InChI=1S/C7H14N2S/c1-10-7(8)9-5-4-6-2-3-6/h6H,2-5H2,1H3,(H2,8,9). The average Bonchev–Trinajstić information content (AvgIpc) is 2.71. The molecule has 0 aromatic carbocycles. The Bertz CT molecular complexity index is 130. The van der Waals surface area contributed by atoms with Crippen LogP contribution < -0.4 is 5.73 Å². The Kier molecular flexibility index (Phi) is 3.06. The normalized spacial score (nSPS) is 19.5. The number of rotatable bonds is 3. The molecule has 0 aromatic heterocycles. The van der Waals surface area contributed by atoms with E-state index < -0.39 is 0 Å². The van der Waals surface area contributed by atoms with Gasteiger partial charge in [-0.3, -0.25) is 4.99 Å². The molecular formula is C7H14N2S. The van der Waals surface area contributed by atoms with Crippen molar-refractivity contribution >= 4 is 16.9 Å². The minimum absolute atomic E-state index is 0.723. The first kappa shape index (κ1) is 7.92. The van der Waals surface area contributed by atoms with Crippen molar-refractivity contribution in [3.8, 4) is 0 Å². The molecule has 1 saturated carbocycles. The zero-order chi connectivity index (χ0) is 7.40. The van der Waals surface area contributed by atoms with Gasteiger partial charge in [0.25, 0.3) is 0 Å². The fourth-order valence-corrected chi connectivity index (χ4v) is 1.05. The highest BCUT2D eigenvalue weighted by Crippen LogP contribution is 2.32. The van der Waals surface area contributed by atoms with Crippen LogP contribution in [0.25, 0.3) is 0 Å². The molecule has 0 spiro atoms. The predicted octanol–water partition coefficient (Wildman–Crippen LogP) is 1.46. The van der Waals surface area contributed by atoms with E-state index in [0.717, 1.165) is 17.6 Å². The summed E-state index contributed by atoms with van der Waals surface area (Å²) < 4.78 is 0. The molecular weight excluding hydrogens is 144 g/mol. The van der Waals surface area contributed by atoms with E-state index in [9.17, 15) is 0 Å². The molecule has 0 bridgehead atoms. The number of aliphatic imine (C=N–C) groups is 1. The van der Waals surface area contributed by atoms with Crippen LogP contribution in [0.2, 0.25) is 0 Å². The third kappa shape index (κ3) is 3.11. The van der Waals surface area contributed by atoms with E-state index in [1.54, 1.807) is 0 Å². The van der Waals surface area contributed by atoms with Gasteiger partial charge in [-0.05, 0) is 18.6 Å². The number of nitrogens with zero attached hydrogens (tertiary/aromatic N) is 1.